The van der Waals surface area contributed by atoms with Gasteiger partial charge in [0.15, 0.2) is 0 Å². The zero-order valence-corrected chi connectivity index (χ0v) is 13.7. The zero-order valence-electron chi connectivity index (χ0n) is 12.1. The second kappa shape index (κ2) is 6.35. The second-order valence-electron chi connectivity index (χ2n) is 5.14. The molecule has 3 nitrogen and oxygen atoms in total. The second-order valence-corrected chi connectivity index (χ2v) is 7.33. The topological polar surface area (TPSA) is 28.2 Å². The molecule has 0 aromatic carbocycles. The summed E-state index contributed by atoms with van der Waals surface area (Å²) in [5.74, 6) is 0. The van der Waals surface area contributed by atoms with E-state index >= 15 is 0 Å². The van der Waals surface area contributed by atoms with Crippen LogP contribution in [0.25, 0.3) is 10.6 Å². The minimum absolute atomic E-state index is 0.481. The highest BCUT2D eigenvalue weighted by atomic mass is 32.1. The van der Waals surface area contributed by atoms with Crippen LogP contribution in [-0.2, 0) is 0 Å². The highest BCUT2D eigenvalue weighted by molar-refractivity contribution is 7.15. The van der Waals surface area contributed by atoms with Crippen LogP contribution in [0.3, 0.4) is 0 Å². The molecule has 0 spiro atoms. The van der Waals surface area contributed by atoms with Crippen LogP contribution in [0.1, 0.15) is 29.3 Å². The summed E-state index contributed by atoms with van der Waals surface area (Å²) in [5.41, 5.74) is 1.19. The van der Waals surface area contributed by atoms with Gasteiger partial charge in [-0.25, -0.2) is 4.98 Å². The van der Waals surface area contributed by atoms with Gasteiger partial charge in [-0.3, -0.25) is 4.90 Å². The summed E-state index contributed by atoms with van der Waals surface area (Å²) in [7, 11) is 0. The van der Waals surface area contributed by atoms with Crippen LogP contribution < -0.4 is 5.32 Å². The quantitative estimate of drug-likeness (QED) is 0.936. The van der Waals surface area contributed by atoms with Crippen LogP contribution in [0.5, 0.6) is 0 Å². The molecule has 3 heterocycles. The maximum atomic E-state index is 4.97. The molecule has 1 atom stereocenters. The van der Waals surface area contributed by atoms with Crippen molar-refractivity contribution in [1.29, 1.82) is 0 Å². The number of thiazole rings is 1. The van der Waals surface area contributed by atoms with E-state index < -0.39 is 0 Å². The highest BCUT2D eigenvalue weighted by Crippen LogP contribution is 2.35. The lowest BCUT2D eigenvalue weighted by molar-refractivity contribution is 0.169. The third-order valence-corrected chi connectivity index (χ3v) is 5.78. The maximum Gasteiger partial charge on any atom is 0.111 e. The average molecular weight is 307 g/mol. The predicted octanol–water partition coefficient (Wildman–Crippen LogP) is 3.54. The number of aromatic nitrogens is 1. The fourth-order valence-electron chi connectivity index (χ4n) is 2.78. The van der Waals surface area contributed by atoms with Gasteiger partial charge in [0, 0.05) is 31.1 Å². The molecule has 0 saturated carbocycles. The van der Waals surface area contributed by atoms with Gasteiger partial charge >= 0.3 is 0 Å². The summed E-state index contributed by atoms with van der Waals surface area (Å²) >= 11 is 3.65. The molecule has 1 N–H and O–H groups in total. The Labute approximate surface area is 128 Å². The molecule has 2 aromatic heterocycles. The summed E-state index contributed by atoms with van der Waals surface area (Å²) in [5, 5.41) is 6.84. The first kappa shape index (κ1) is 14.2. The summed E-state index contributed by atoms with van der Waals surface area (Å²) in [4.78, 5) is 10.2. The van der Waals surface area contributed by atoms with Gasteiger partial charge in [0.25, 0.3) is 0 Å². The molecule has 2 aromatic rings. The Bertz CT molecular complexity index is 541. The predicted molar refractivity (Wildman–Crippen MR) is 87.6 cm³/mol. The van der Waals surface area contributed by atoms with Crippen LogP contribution in [-0.4, -0.2) is 36.1 Å². The Hall–Kier alpha value is -0.750. The number of aryl methyl sites for hydroxylation is 1. The van der Waals surface area contributed by atoms with Crippen LogP contribution in [0.15, 0.2) is 17.5 Å². The molecule has 0 bridgehead atoms. The molecular weight excluding hydrogens is 286 g/mol. The van der Waals surface area contributed by atoms with E-state index in [1.54, 1.807) is 11.3 Å². The molecule has 3 rings (SSSR count). The van der Waals surface area contributed by atoms with E-state index in [4.69, 9.17) is 4.98 Å². The third kappa shape index (κ3) is 2.81. The Kier molecular flexibility index (Phi) is 4.51. The first-order valence-corrected chi connectivity index (χ1v) is 8.95. The first-order chi connectivity index (χ1) is 9.79. The van der Waals surface area contributed by atoms with Gasteiger partial charge in [-0.15, -0.1) is 22.7 Å². The number of rotatable bonds is 4. The van der Waals surface area contributed by atoms with Gasteiger partial charge in [0.05, 0.1) is 16.6 Å². The molecule has 0 aliphatic carbocycles. The van der Waals surface area contributed by atoms with E-state index in [1.807, 2.05) is 11.3 Å². The zero-order chi connectivity index (χ0) is 13.9. The minimum Gasteiger partial charge on any atom is -0.314 e. The highest BCUT2D eigenvalue weighted by Gasteiger charge is 2.24. The SMILES string of the molecule is CCC(c1nc(-c2cccs2)c(C)s1)N1CCNCC1. The van der Waals surface area contributed by atoms with Crippen molar-refractivity contribution in [3.8, 4) is 10.6 Å². The molecule has 1 saturated heterocycles. The lowest BCUT2D eigenvalue weighted by Crippen LogP contribution is -2.45. The van der Waals surface area contributed by atoms with E-state index in [9.17, 15) is 0 Å². The van der Waals surface area contributed by atoms with Crippen LogP contribution >= 0.6 is 22.7 Å². The van der Waals surface area contributed by atoms with Crippen molar-refractivity contribution in [2.45, 2.75) is 26.3 Å². The standard InChI is InChI=1S/C15H21N3S2/c1-3-12(18-8-6-16-7-9-18)15-17-14(11(2)20-15)13-5-4-10-19-13/h4-5,10,12,16H,3,6-9H2,1-2H3. The van der Waals surface area contributed by atoms with Crippen molar-refractivity contribution in [1.82, 2.24) is 15.2 Å². The number of nitrogens with one attached hydrogen (secondary N) is 1. The molecule has 1 unspecified atom stereocenters. The van der Waals surface area contributed by atoms with Gasteiger partial charge in [0.1, 0.15) is 5.01 Å². The summed E-state index contributed by atoms with van der Waals surface area (Å²) in [6.45, 7) is 8.92. The van der Waals surface area contributed by atoms with Gasteiger partial charge < -0.3 is 5.32 Å². The smallest absolute Gasteiger partial charge is 0.111 e. The fraction of sp³-hybridized carbons (Fsp3) is 0.533. The monoisotopic (exact) mass is 307 g/mol. The summed E-state index contributed by atoms with van der Waals surface area (Å²) in [6.07, 6.45) is 1.14. The Morgan fingerprint density at radius 2 is 2.20 bits per heavy atom. The van der Waals surface area contributed by atoms with Crippen LogP contribution in [0, 0.1) is 6.92 Å². The van der Waals surface area contributed by atoms with E-state index in [2.05, 4.69) is 41.6 Å². The van der Waals surface area contributed by atoms with E-state index in [0.29, 0.717) is 6.04 Å². The Balaban J connectivity index is 1.87. The van der Waals surface area contributed by atoms with E-state index in [0.717, 1.165) is 32.6 Å². The van der Waals surface area contributed by atoms with Gasteiger partial charge in [-0.2, -0.15) is 0 Å². The lowest BCUT2D eigenvalue weighted by atomic mass is 10.2. The molecule has 108 valence electrons. The van der Waals surface area contributed by atoms with Gasteiger partial charge in [0.2, 0.25) is 0 Å². The Morgan fingerprint density at radius 3 is 2.85 bits per heavy atom. The number of nitrogens with zero attached hydrogens (tertiary/aromatic N) is 2. The van der Waals surface area contributed by atoms with Crippen molar-refractivity contribution >= 4 is 22.7 Å². The van der Waals surface area contributed by atoms with E-state index in [-0.39, 0.29) is 0 Å². The van der Waals surface area contributed by atoms with Crippen molar-refractivity contribution in [3.05, 3.63) is 27.4 Å². The molecule has 5 heteroatoms. The van der Waals surface area contributed by atoms with E-state index in [1.165, 1.54) is 20.5 Å². The first-order valence-electron chi connectivity index (χ1n) is 7.25. The number of hydrogen-bond donors (Lipinski definition) is 1. The van der Waals surface area contributed by atoms with Crippen LogP contribution in [0.2, 0.25) is 0 Å². The normalized spacial score (nSPS) is 18.3. The molecule has 1 aliphatic heterocycles. The molecule has 0 radical (unpaired) electrons. The maximum absolute atomic E-state index is 4.97. The molecule has 1 aliphatic rings. The Morgan fingerprint density at radius 1 is 1.40 bits per heavy atom. The van der Waals surface area contributed by atoms with Crippen LogP contribution in [0.4, 0.5) is 0 Å². The molecule has 1 fully saturated rings. The molecule has 20 heavy (non-hydrogen) atoms. The number of thiophene rings is 1. The number of piperazine rings is 1. The molecule has 0 amide bonds. The molecular formula is C15H21N3S2. The average Bonchev–Trinajstić information content (AvgIpc) is 3.10. The summed E-state index contributed by atoms with van der Waals surface area (Å²) < 4.78 is 0. The van der Waals surface area contributed by atoms with Crippen molar-refractivity contribution in [2.75, 3.05) is 26.2 Å². The van der Waals surface area contributed by atoms with Crippen molar-refractivity contribution in [3.63, 3.8) is 0 Å². The number of hydrogen-bond acceptors (Lipinski definition) is 5. The van der Waals surface area contributed by atoms with Gasteiger partial charge in [-0.05, 0) is 24.8 Å². The largest absolute Gasteiger partial charge is 0.314 e. The van der Waals surface area contributed by atoms with Gasteiger partial charge in [-0.1, -0.05) is 13.0 Å². The van der Waals surface area contributed by atoms with Crippen molar-refractivity contribution < 1.29 is 0 Å². The lowest BCUT2D eigenvalue weighted by Gasteiger charge is -2.33. The summed E-state index contributed by atoms with van der Waals surface area (Å²) in [6, 6.07) is 4.75. The third-order valence-electron chi connectivity index (χ3n) is 3.83. The fourth-order valence-corrected chi connectivity index (χ4v) is 4.77. The van der Waals surface area contributed by atoms with Crippen molar-refractivity contribution in [2.24, 2.45) is 0 Å². The minimum atomic E-state index is 0.481.